The van der Waals surface area contributed by atoms with Gasteiger partial charge in [0.25, 0.3) is 0 Å². The molecule has 2 rings (SSSR count). The van der Waals surface area contributed by atoms with Crippen molar-refractivity contribution in [2.75, 3.05) is 18.5 Å². The molecule has 0 aromatic heterocycles. The monoisotopic (exact) mass is 271 g/mol. The van der Waals surface area contributed by atoms with Crippen LogP contribution in [0, 0.1) is 0 Å². The van der Waals surface area contributed by atoms with Crippen molar-refractivity contribution in [1.29, 1.82) is 0 Å². The predicted octanol–water partition coefficient (Wildman–Crippen LogP) is 3.10. The largest absolute Gasteiger partial charge is 0.493 e. The number of hydrogen-bond donors (Lipinski definition) is 1. The maximum atomic E-state index is 10.4. The van der Waals surface area contributed by atoms with E-state index in [0.717, 1.165) is 23.6 Å². The smallest absolute Gasteiger partial charge is 0.211 e. The Kier molecular flexibility index (Phi) is 5.46. The summed E-state index contributed by atoms with van der Waals surface area (Å²) >= 11 is 0. The molecule has 0 radical (unpaired) electrons. The Hall–Kier alpha value is -2.49. The number of ether oxygens (including phenoxy) is 2. The molecule has 0 atom stereocenters. The van der Waals surface area contributed by atoms with Crippen LogP contribution in [0.1, 0.15) is 6.42 Å². The van der Waals surface area contributed by atoms with Gasteiger partial charge in [0, 0.05) is 18.2 Å². The van der Waals surface area contributed by atoms with Crippen molar-refractivity contribution in [3.05, 3.63) is 54.6 Å². The summed E-state index contributed by atoms with van der Waals surface area (Å²) in [5, 5.41) is 2.59. The third kappa shape index (κ3) is 4.65. The summed E-state index contributed by atoms with van der Waals surface area (Å²) in [7, 11) is 0. The van der Waals surface area contributed by atoms with Gasteiger partial charge in [0.05, 0.1) is 13.2 Å². The Bertz CT molecular complexity index is 528. The van der Waals surface area contributed by atoms with Gasteiger partial charge in [-0.25, -0.2) is 0 Å². The maximum absolute atomic E-state index is 10.4. The highest BCUT2D eigenvalue weighted by Gasteiger charge is 1.97. The third-order valence-electron chi connectivity index (χ3n) is 2.63. The van der Waals surface area contributed by atoms with Gasteiger partial charge < -0.3 is 14.8 Å². The Balaban J connectivity index is 1.68. The number of carbonyl (C=O) groups is 1. The fourth-order valence-corrected chi connectivity index (χ4v) is 1.70. The molecule has 104 valence electrons. The zero-order valence-corrected chi connectivity index (χ0v) is 11.1. The van der Waals surface area contributed by atoms with E-state index in [2.05, 4.69) is 5.32 Å². The zero-order valence-electron chi connectivity index (χ0n) is 11.1. The van der Waals surface area contributed by atoms with Gasteiger partial charge in [-0.3, -0.25) is 4.79 Å². The second-order valence-corrected chi connectivity index (χ2v) is 4.15. The first kappa shape index (κ1) is 13.9. The molecule has 0 spiro atoms. The minimum absolute atomic E-state index is 0.567. The molecule has 2 aromatic carbocycles. The first-order valence-electron chi connectivity index (χ1n) is 6.49. The lowest BCUT2D eigenvalue weighted by Crippen LogP contribution is -2.05. The highest BCUT2D eigenvalue weighted by molar-refractivity contribution is 5.71. The van der Waals surface area contributed by atoms with Crippen molar-refractivity contribution < 1.29 is 14.3 Å². The molecule has 0 fully saturated rings. The average Bonchev–Trinajstić information content (AvgIpc) is 2.49. The Labute approximate surface area is 118 Å². The molecular formula is C16H17NO3. The van der Waals surface area contributed by atoms with Crippen LogP contribution in [0.2, 0.25) is 0 Å². The highest BCUT2D eigenvalue weighted by atomic mass is 16.5. The SMILES string of the molecule is O=CNc1cccc(OCCCOc2ccccc2)c1. The molecule has 0 bridgehead atoms. The van der Waals surface area contributed by atoms with E-state index in [1.54, 1.807) is 12.1 Å². The molecule has 20 heavy (non-hydrogen) atoms. The number of carbonyl (C=O) groups excluding carboxylic acids is 1. The molecule has 2 aromatic rings. The molecule has 1 N–H and O–H groups in total. The minimum atomic E-state index is 0.567. The number of para-hydroxylation sites is 1. The van der Waals surface area contributed by atoms with E-state index in [1.807, 2.05) is 42.5 Å². The lowest BCUT2D eigenvalue weighted by Gasteiger charge is -2.08. The summed E-state index contributed by atoms with van der Waals surface area (Å²) in [6, 6.07) is 17.0. The number of anilines is 1. The first-order valence-corrected chi connectivity index (χ1v) is 6.49. The summed E-state index contributed by atoms with van der Waals surface area (Å²) in [6.45, 7) is 1.17. The van der Waals surface area contributed by atoms with Gasteiger partial charge in [-0.1, -0.05) is 24.3 Å². The van der Waals surface area contributed by atoms with Crippen molar-refractivity contribution in [2.45, 2.75) is 6.42 Å². The highest BCUT2D eigenvalue weighted by Crippen LogP contribution is 2.17. The predicted molar refractivity (Wildman–Crippen MR) is 78.2 cm³/mol. The van der Waals surface area contributed by atoms with Crippen LogP contribution in [-0.2, 0) is 4.79 Å². The standard InChI is InChI=1S/C16H17NO3/c18-13-17-14-6-4-9-16(12-14)20-11-5-10-19-15-7-2-1-3-8-15/h1-4,6-9,12-13H,5,10-11H2,(H,17,18). The van der Waals surface area contributed by atoms with Gasteiger partial charge in [0.2, 0.25) is 6.41 Å². The number of rotatable bonds is 8. The third-order valence-corrected chi connectivity index (χ3v) is 2.63. The molecule has 0 aliphatic carbocycles. The molecule has 0 aliphatic heterocycles. The Morgan fingerprint density at radius 1 is 0.900 bits per heavy atom. The van der Waals surface area contributed by atoms with Crippen molar-refractivity contribution in [1.82, 2.24) is 0 Å². The number of nitrogens with one attached hydrogen (secondary N) is 1. The number of amides is 1. The van der Waals surface area contributed by atoms with Crippen molar-refractivity contribution >= 4 is 12.1 Å². The van der Waals surface area contributed by atoms with E-state index in [-0.39, 0.29) is 0 Å². The minimum Gasteiger partial charge on any atom is -0.493 e. The van der Waals surface area contributed by atoms with Gasteiger partial charge in [-0.05, 0) is 24.3 Å². The van der Waals surface area contributed by atoms with E-state index in [9.17, 15) is 4.79 Å². The molecule has 4 heteroatoms. The molecule has 1 amide bonds. The van der Waals surface area contributed by atoms with E-state index in [4.69, 9.17) is 9.47 Å². The van der Waals surface area contributed by atoms with Crippen LogP contribution in [0.15, 0.2) is 54.6 Å². The van der Waals surface area contributed by atoms with Crippen molar-refractivity contribution in [2.24, 2.45) is 0 Å². The van der Waals surface area contributed by atoms with Crippen molar-refractivity contribution in [3.63, 3.8) is 0 Å². The molecule has 0 unspecified atom stereocenters. The lowest BCUT2D eigenvalue weighted by molar-refractivity contribution is -0.105. The van der Waals surface area contributed by atoms with Crippen LogP contribution in [0.25, 0.3) is 0 Å². The van der Waals surface area contributed by atoms with E-state index < -0.39 is 0 Å². The summed E-state index contributed by atoms with van der Waals surface area (Å²) in [4.78, 5) is 10.4. The van der Waals surface area contributed by atoms with Crippen LogP contribution < -0.4 is 14.8 Å². The molecule has 0 aliphatic rings. The number of benzene rings is 2. The molecule has 4 nitrogen and oxygen atoms in total. The second kappa shape index (κ2) is 7.84. The van der Waals surface area contributed by atoms with Crippen LogP contribution in [0.4, 0.5) is 5.69 Å². The fourth-order valence-electron chi connectivity index (χ4n) is 1.70. The van der Waals surface area contributed by atoms with E-state index in [0.29, 0.717) is 19.6 Å². The van der Waals surface area contributed by atoms with Crippen LogP contribution in [0.3, 0.4) is 0 Å². The average molecular weight is 271 g/mol. The van der Waals surface area contributed by atoms with E-state index in [1.165, 1.54) is 0 Å². The molecular weight excluding hydrogens is 254 g/mol. The van der Waals surface area contributed by atoms with Crippen molar-refractivity contribution in [3.8, 4) is 11.5 Å². The topological polar surface area (TPSA) is 47.6 Å². The summed E-state index contributed by atoms with van der Waals surface area (Å²) < 4.78 is 11.2. The first-order chi connectivity index (χ1) is 9.88. The normalized spacial score (nSPS) is 9.80. The zero-order chi connectivity index (χ0) is 14.0. The Morgan fingerprint density at radius 3 is 2.35 bits per heavy atom. The van der Waals surface area contributed by atoms with Gasteiger partial charge in [-0.2, -0.15) is 0 Å². The Morgan fingerprint density at radius 2 is 1.60 bits per heavy atom. The molecule has 0 saturated heterocycles. The quantitative estimate of drug-likeness (QED) is 0.593. The van der Waals surface area contributed by atoms with Crippen LogP contribution in [0.5, 0.6) is 11.5 Å². The summed E-state index contributed by atoms with van der Waals surface area (Å²) in [5.74, 6) is 1.60. The van der Waals surface area contributed by atoms with Gasteiger partial charge in [0.15, 0.2) is 0 Å². The lowest BCUT2D eigenvalue weighted by atomic mass is 10.3. The fraction of sp³-hybridized carbons (Fsp3) is 0.188. The van der Waals surface area contributed by atoms with Gasteiger partial charge >= 0.3 is 0 Å². The van der Waals surface area contributed by atoms with Crippen LogP contribution in [-0.4, -0.2) is 19.6 Å². The maximum Gasteiger partial charge on any atom is 0.211 e. The second-order valence-electron chi connectivity index (χ2n) is 4.15. The molecule has 0 heterocycles. The summed E-state index contributed by atoms with van der Waals surface area (Å²) in [6.07, 6.45) is 1.44. The van der Waals surface area contributed by atoms with Gasteiger partial charge in [-0.15, -0.1) is 0 Å². The van der Waals surface area contributed by atoms with Crippen LogP contribution >= 0.6 is 0 Å². The molecule has 0 saturated carbocycles. The van der Waals surface area contributed by atoms with Gasteiger partial charge in [0.1, 0.15) is 11.5 Å². The number of hydrogen-bond acceptors (Lipinski definition) is 3. The summed E-state index contributed by atoms with van der Waals surface area (Å²) in [5.41, 5.74) is 0.720. The van der Waals surface area contributed by atoms with E-state index >= 15 is 0 Å².